The molecule has 0 amide bonds. The average Bonchev–Trinajstić information content (AvgIpc) is 2.79. The van der Waals surface area contributed by atoms with E-state index in [4.69, 9.17) is 16.3 Å². The molecule has 108 valence electrons. The van der Waals surface area contributed by atoms with Gasteiger partial charge in [-0.25, -0.2) is 0 Å². The molecule has 1 aromatic carbocycles. The zero-order chi connectivity index (χ0) is 14.5. The Labute approximate surface area is 124 Å². The summed E-state index contributed by atoms with van der Waals surface area (Å²) < 4.78 is 7.78. The maximum Gasteiger partial charge on any atom is 0.130 e. The van der Waals surface area contributed by atoms with Gasteiger partial charge in [-0.1, -0.05) is 18.5 Å². The summed E-state index contributed by atoms with van der Waals surface area (Å²) in [5, 5.41) is 8.25. The molecule has 0 unspecified atom stereocenters. The lowest BCUT2D eigenvalue weighted by molar-refractivity contribution is 0.291. The van der Waals surface area contributed by atoms with Crippen molar-refractivity contribution in [1.82, 2.24) is 15.1 Å². The van der Waals surface area contributed by atoms with Gasteiger partial charge < -0.3 is 10.1 Å². The van der Waals surface area contributed by atoms with E-state index in [0.29, 0.717) is 6.61 Å². The summed E-state index contributed by atoms with van der Waals surface area (Å²) >= 11 is 6.02. The van der Waals surface area contributed by atoms with Gasteiger partial charge in [0.1, 0.15) is 12.4 Å². The van der Waals surface area contributed by atoms with Crippen molar-refractivity contribution >= 4 is 11.6 Å². The van der Waals surface area contributed by atoms with Crippen molar-refractivity contribution in [3.05, 3.63) is 46.2 Å². The molecule has 4 nitrogen and oxygen atoms in total. The fourth-order valence-corrected chi connectivity index (χ4v) is 2.24. The van der Waals surface area contributed by atoms with E-state index in [2.05, 4.69) is 23.4 Å². The maximum atomic E-state index is 6.02. The van der Waals surface area contributed by atoms with Gasteiger partial charge in [0.25, 0.3) is 0 Å². The fraction of sp³-hybridized carbons (Fsp3) is 0.400. The molecular formula is C15H20ClN3O. The molecule has 0 radical (unpaired) electrons. The Balaban J connectivity index is 2.11. The van der Waals surface area contributed by atoms with Gasteiger partial charge in [-0.05, 0) is 37.7 Å². The minimum absolute atomic E-state index is 0.502. The number of aryl methyl sites for hydroxylation is 2. The summed E-state index contributed by atoms with van der Waals surface area (Å²) in [5.74, 6) is 0.850. The third kappa shape index (κ3) is 3.52. The van der Waals surface area contributed by atoms with E-state index in [1.54, 1.807) is 0 Å². The van der Waals surface area contributed by atoms with Crippen molar-refractivity contribution in [1.29, 1.82) is 0 Å². The number of ether oxygens (including phenoxy) is 1. The minimum atomic E-state index is 0.502. The Morgan fingerprint density at radius 3 is 2.80 bits per heavy atom. The van der Waals surface area contributed by atoms with Gasteiger partial charge in [0.05, 0.1) is 11.4 Å². The monoisotopic (exact) mass is 293 g/mol. The van der Waals surface area contributed by atoms with Crippen molar-refractivity contribution in [3.63, 3.8) is 0 Å². The number of benzene rings is 1. The predicted molar refractivity (Wildman–Crippen MR) is 81.1 cm³/mol. The number of hydrogen-bond donors (Lipinski definition) is 1. The first kappa shape index (κ1) is 14.9. The first-order chi connectivity index (χ1) is 9.63. The van der Waals surface area contributed by atoms with Crippen LogP contribution in [0.15, 0.2) is 24.3 Å². The van der Waals surface area contributed by atoms with E-state index >= 15 is 0 Å². The Morgan fingerprint density at radius 1 is 1.35 bits per heavy atom. The van der Waals surface area contributed by atoms with Gasteiger partial charge in [0.2, 0.25) is 0 Å². The molecule has 0 aliphatic heterocycles. The first-order valence-electron chi connectivity index (χ1n) is 6.71. The van der Waals surface area contributed by atoms with Crippen molar-refractivity contribution in [2.45, 2.75) is 26.5 Å². The molecule has 0 aliphatic carbocycles. The van der Waals surface area contributed by atoms with E-state index in [1.807, 2.05) is 37.0 Å². The number of rotatable bonds is 6. The van der Waals surface area contributed by atoms with Crippen LogP contribution in [-0.2, 0) is 26.6 Å². The number of aromatic nitrogens is 2. The van der Waals surface area contributed by atoms with Crippen molar-refractivity contribution < 1.29 is 4.74 Å². The van der Waals surface area contributed by atoms with E-state index in [0.717, 1.165) is 40.7 Å². The second kappa shape index (κ2) is 6.77. The lowest BCUT2D eigenvalue weighted by atomic mass is 10.2. The summed E-state index contributed by atoms with van der Waals surface area (Å²) in [6.07, 6.45) is 0.930. The molecule has 0 saturated carbocycles. The van der Waals surface area contributed by atoms with Crippen LogP contribution in [0.4, 0.5) is 0 Å². The fourth-order valence-electron chi connectivity index (χ4n) is 2.05. The van der Waals surface area contributed by atoms with Gasteiger partial charge in [-0.3, -0.25) is 4.68 Å². The molecule has 0 saturated heterocycles. The number of halogens is 1. The van der Waals surface area contributed by atoms with Crippen LogP contribution in [0.2, 0.25) is 5.02 Å². The largest absolute Gasteiger partial charge is 0.487 e. The molecule has 2 rings (SSSR count). The molecule has 0 atom stereocenters. The quantitative estimate of drug-likeness (QED) is 0.890. The molecular weight excluding hydrogens is 274 g/mol. The Kier molecular flexibility index (Phi) is 5.04. The lowest BCUT2D eigenvalue weighted by Gasteiger charge is -2.11. The van der Waals surface area contributed by atoms with Crippen LogP contribution in [0.1, 0.15) is 23.9 Å². The number of hydrogen-bond acceptors (Lipinski definition) is 3. The summed E-state index contributed by atoms with van der Waals surface area (Å²) in [5.41, 5.74) is 3.20. The molecule has 1 aromatic heterocycles. The normalized spacial score (nSPS) is 10.8. The lowest BCUT2D eigenvalue weighted by Crippen LogP contribution is -2.09. The summed E-state index contributed by atoms with van der Waals surface area (Å²) in [7, 11) is 3.84. The van der Waals surface area contributed by atoms with Crippen molar-refractivity contribution in [3.8, 4) is 5.75 Å². The molecule has 0 fully saturated rings. The Morgan fingerprint density at radius 2 is 2.15 bits per heavy atom. The standard InChI is InChI=1S/C15H20ClN3O/c1-4-13-8-14(19(3)18-13)10-20-15-6-5-12(16)7-11(15)9-17-2/h5-8,17H,4,9-10H2,1-3H3. The first-order valence-corrected chi connectivity index (χ1v) is 7.09. The van der Waals surface area contributed by atoms with Gasteiger partial charge >= 0.3 is 0 Å². The van der Waals surface area contributed by atoms with Crippen LogP contribution in [0.5, 0.6) is 5.75 Å². The highest BCUT2D eigenvalue weighted by molar-refractivity contribution is 6.30. The highest BCUT2D eigenvalue weighted by Crippen LogP contribution is 2.23. The van der Waals surface area contributed by atoms with E-state index < -0.39 is 0 Å². The Bertz CT molecular complexity index is 580. The molecule has 2 aromatic rings. The van der Waals surface area contributed by atoms with Crippen LogP contribution < -0.4 is 10.1 Å². The average molecular weight is 294 g/mol. The molecule has 0 bridgehead atoms. The predicted octanol–water partition coefficient (Wildman–Crippen LogP) is 2.93. The van der Waals surface area contributed by atoms with Crippen LogP contribution in [0.3, 0.4) is 0 Å². The highest BCUT2D eigenvalue weighted by atomic mass is 35.5. The van der Waals surface area contributed by atoms with E-state index in [-0.39, 0.29) is 0 Å². The molecule has 0 aliphatic rings. The van der Waals surface area contributed by atoms with Gasteiger partial charge in [-0.15, -0.1) is 0 Å². The summed E-state index contributed by atoms with van der Waals surface area (Å²) in [4.78, 5) is 0. The van der Waals surface area contributed by atoms with Crippen LogP contribution in [0.25, 0.3) is 0 Å². The SMILES string of the molecule is CCc1cc(COc2ccc(Cl)cc2CNC)n(C)n1. The summed E-state index contributed by atoms with van der Waals surface area (Å²) in [6, 6.07) is 7.75. The zero-order valence-corrected chi connectivity index (χ0v) is 12.9. The minimum Gasteiger partial charge on any atom is -0.487 e. The molecule has 1 N–H and O–H groups in total. The molecule has 20 heavy (non-hydrogen) atoms. The van der Waals surface area contributed by atoms with Crippen LogP contribution in [-0.4, -0.2) is 16.8 Å². The second-order valence-electron chi connectivity index (χ2n) is 4.68. The third-order valence-corrected chi connectivity index (χ3v) is 3.39. The number of nitrogens with zero attached hydrogens (tertiary/aromatic N) is 2. The smallest absolute Gasteiger partial charge is 0.130 e. The third-order valence-electron chi connectivity index (χ3n) is 3.15. The van der Waals surface area contributed by atoms with Gasteiger partial charge in [0.15, 0.2) is 0 Å². The maximum absolute atomic E-state index is 6.02. The van der Waals surface area contributed by atoms with E-state index in [9.17, 15) is 0 Å². The van der Waals surface area contributed by atoms with Gasteiger partial charge in [0, 0.05) is 24.2 Å². The van der Waals surface area contributed by atoms with Gasteiger partial charge in [-0.2, -0.15) is 5.10 Å². The second-order valence-corrected chi connectivity index (χ2v) is 5.11. The molecule has 0 spiro atoms. The van der Waals surface area contributed by atoms with Crippen molar-refractivity contribution in [2.24, 2.45) is 7.05 Å². The zero-order valence-electron chi connectivity index (χ0n) is 12.1. The van der Waals surface area contributed by atoms with Crippen LogP contribution in [0, 0.1) is 0 Å². The Hall–Kier alpha value is -1.52. The van der Waals surface area contributed by atoms with Crippen LogP contribution >= 0.6 is 11.6 Å². The highest BCUT2D eigenvalue weighted by Gasteiger charge is 2.08. The van der Waals surface area contributed by atoms with Crippen molar-refractivity contribution in [2.75, 3.05) is 7.05 Å². The van der Waals surface area contributed by atoms with E-state index in [1.165, 1.54) is 0 Å². The summed E-state index contributed by atoms with van der Waals surface area (Å²) in [6.45, 7) is 3.32. The molecule has 5 heteroatoms. The topological polar surface area (TPSA) is 39.1 Å². The number of nitrogens with one attached hydrogen (secondary N) is 1. The molecule has 1 heterocycles.